The zero-order chi connectivity index (χ0) is 11.4. The van der Waals surface area contributed by atoms with E-state index in [0.717, 1.165) is 19.3 Å². The summed E-state index contributed by atoms with van der Waals surface area (Å²) in [6.45, 7) is 10.4. The van der Waals surface area contributed by atoms with Crippen LogP contribution in [0.3, 0.4) is 0 Å². The maximum absolute atomic E-state index is 10.2. The van der Waals surface area contributed by atoms with E-state index in [1.165, 1.54) is 0 Å². The van der Waals surface area contributed by atoms with Gasteiger partial charge >= 0.3 is 0 Å². The predicted molar refractivity (Wildman–Crippen MR) is 60.2 cm³/mol. The molecular formula is C12H26O2. The van der Waals surface area contributed by atoms with Crippen molar-refractivity contribution in [1.82, 2.24) is 0 Å². The Hall–Kier alpha value is -0.0800. The van der Waals surface area contributed by atoms with Crippen LogP contribution in [0.25, 0.3) is 0 Å². The summed E-state index contributed by atoms with van der Waals surface area (Å²) in [6.07, 6.45) is 2.61. The maximum atomic E-state index is 10.2. The van der Waals surface area contributed by atoms with Gasteiger partial charge in [0, 0.05) is 6.61 Å². The van der Waals surface area contributed by atoms with E-state index in [1.54, 1.807) is 0 Å². The second-order valence-corrected chi connectivity index (χ2v) is 5.68. The van der Waals surface area contributed by atoms with Gasteiger partial charge in [0.25, 0.3) is 0 Å². The standard InChI is InChI=1S/C12H26O2/c1-10(7-9-13)6-8-12(5,14)11(2,3)4/h10,13-14H,6-9H2,1-5H3. The summed E-state index contributed by atoms with van der Waals surface area (Å²) in [7, 11) is 0. The number of aliphatic hydroxyl groups is 2. The van der Waals surface area contributed by atoms with Crippen LogP contribution < -0.4 is 0 Å². The van der Waals surface area contributed by atoms with E-state index >= 15 is 0 Å². The SMILES string of the molecule is CC(CCO)CCC(C)(O)C(C)(C)C. The van der Waals surface area contributed by atoms with Gasteiger partial charge in [-0.1, -0.05) is 27.7 Å². The molecule has 86 valence electrons. The average Bonchev–Trinajstić information content (AvgIpc) is 1.99. The molecule has 0 heterocycles. The molecule has 0 aromatic carbocycles. The molecule has 0 radical (unpaired) electrons. The first-order valence-corrected chi connectivity index (χ1v) is 5.54. The summed E-state index contributed by atoms with van der Waals surface area (Å²) in [6, 6.07) is 0. The Morgan fingerprint density at radius 2 is 1.57 bits per heavy atom. The van der Waals surface area contributed by atoms with E-state index < -0.39 is 5.60 Å². The molecule has 2 unspecified atom stereocenters. The molecule has 0 amide bonds. The van der Waals surface area contributed by atoms with Gasteiger partial charge in [-0.2, -0.15) is 0 Å². The van der Waals surface area contributed by atoms with Gasteiger partial charge in [-0.25, -0.2) is 0 Å². The minimum absolute atomic E-state index is 0.0774. The molecule has 0 aromatic heterocycles. The van der Waals surface area contributed by atoms with Gasteiger partial charge in [0.2, 0.25) is 0 Å². The molecule has 0 rings (SSSR count). The Morgan fingerprint density at radius 3 is 1.93 bits per heavy atom. The Kier molecular flexibility index (Phi) is 5.10. The van der Waals surface area contributed by atoms with Crippen molar-refractivity contribution >= 4 is 0 Å². The summed E-state index contributed by atoms with van der Waals surface area (Å²) >= 11 is 0. The number of hydrogen-bond acceptors (Lipinski definition) is 2. The molecule has 2 N–H and O–H groups in total. The largest absolute Gasteiger partial charge is 0.396 e. The lowest BCUT2D eigenvalue weighted by molar-refractivity contribution is -0.0521. The van der Waals surface area contributed by atoms with Crippen LogP contribution in [-0.4, -0.2) is 22.4 Å². The summed E-state index contributed by atoms with van der Waals surface area (Å²) in [5.41, 5.74) is -0.692. The molecular weight excluding hydrogens is 176 g/mol. The summed E-state index contributed by atoms with van der Waals surface area (Å²) in [4.78, 5) is 0. The average molecular weight is 202 g/mol. The van der Waals surface area contributed by atoms with Gasteiger partial charge in [0.05, 0.1) is 5.60 Å². The van der Waals surface area contributed by atoms with Crippen molar-refractivity contribution in [3.63, 3.8) is 0 Å². The maximum Gasteiger partial charge on any atom is 0.0667 e. The Labute approximate surface area is 88.3 Å². The summed E-state index contributed by atoms with van der Waals surface area (Å²) in [5, 5.41) is 19.0. The zero-order valence-electron chi connectivity index (χ0n) is 10.3. The van der Waals surface area contributed by atoms with Crippen LogP contribution in [0, 0.1) is 11.3 Å². The number of hydrogen-bond donors (Lipinski definition) is 2. The van der Waals surface area contributed by atoms with E-state index in [0.29, 0.717) is 5.92 Å². The summed E-state index contributed by atoms with van der Waals surface area (Å²) in [5.74, 6) is 0.494. The first kappa shape index (κ1) is 13.9. The highest BCUT2D eigenvalue weighted by Gasteiger charge is 2.34. The van der Waals surface area contributed by atoms with Crippen LogP contribution in [-0.2, 0) is 0 Å². The van der Waals surface area contributed by atoms with Crippen molar-refractivity contribution in [2.24, 2.45) is 11.3 Å². The van der Waals surface area contributed by atoms with Gasteiger partial charge in [-0.3, -0.25) is 0 Å². The van der Waals surface area contributed by atoms with E-state index in [1.807, 2.05) is 6.92 Å². The van der Waals surface area contributed by atoms with Crippen LogP contribution in [0.5, 0.6) is 0 Å². The van der Waals surface area contributed by atoms with Gasteiger partial charge in [-0.05, 0) is 37.5 Å². The van der Waals surface area contributed by atoms with Crippen molar-refractivity contribution in [2.45, 2.75) is 59.5 Å². The first-order chi connectivity index (χ1) is 6.20. The summed E-state index contributed by atoms with van der Waals surface area (Å²) < 4.78 is 0. The van der Waals surface area contributed by atoms with Crippen molar-refractivity contribution in [3.05, 3.63) is 0 Å². The fourth-order valence-electron chi connectivity index (χ4n) is 1.27. The van der Waals surface area contributed by atoms with E-state index in [2.05, 4.69) is 27.7 Å². The molecule has 0 fully saturated rings. The molecule has 2 atom stereocenters. The Balaban J connectivity index is 3.99. The van der Waals surface area contributed by atoms with Crippen LogP contribution in [0.15, 0.2) is 0 Å². The third-order valence-corrected chi connectivity index (χ3v) is 3.36. The predicted octanol–water partition coefficient (Wildman–Crippen LogP) is 2.58. The molecule has 0 bridgehead atoms. The highest BCUT2D eigenvalue weighted by Crippen LogP contribution is 2.34. The van der Waals surface area contributed by atoms with E-state index in [9.17, 15) is 5.11 Å². The van der Waals surface area contributed by atoms with Crippen molar-refractivity contribution < 1.29 is 10.2 Å². The molecule has 0 aliphatic heterocycles. The minimum Gasteiger partial charge on any atom is -0.396 e. The zero-order valence-corrected chi connectivity index (χ0v) is 10.3. The van der Waals surface area contributed by atoms with Crippen LogP contribution in [0.1, 0.15) is 53.9 Å². The minimum atomic E-state index is -0.614. The topological polar surface area (TPSA) is 40.5 Å². The monoisotopic (exact) mass is 202 g/mol. The van der Waals surface area contributed by atoms with Crippen molar-refractivity contribution in [3.8, 4) is 0 Å². The molecule has 0 aliphatic carbocycles. The number of rotatable bonds is 5. The first-order valence-electron chi connectivity index (χ1n) is 5.54. The smallest absolute Gasteiger partial charge is 0.0667 e. The third-order valence-electron chi connectivity index (χ3n) is 3.36. The Bertz CT molecular complexity index is 156. The number of aliphatic hydroxyl groups excluding tert-OH is 1. The molecule has 0 aliphatic rings. The van der Waals surface area contributed by atoms with Gasteiger partial charge in [0.15, 0.2) is 0 Å². The lowest BCUT2D eigenvalue weighted by atomic mass is 9.74. The molecule has 2 nitrogen and oxygen atoms in total. The van der Waals surface area contributed by atoms with Gasteiger partial charge in [0.1, 0.15) is 0 Å². The second-order valence-electron chi connectivity index (χ2n) is 5.68. The van der Waals surface area contributed by atoms with E-state index in [-0.39, 0.29) is 12.0 Å². The van der Waals surface area contributed by atoms with Crippen molar-refractivity contribution in [1.29, 1.82) is 0 Å². The van der Waals surface area contributed by atoms with Gasteiger partial charge < -0.3 is 10.2 Å². The highest BCUT2D eigenvalue weighted by molar-refractivity contribution is 4.86. The van der Waals surface area contributed by atoms with Gasteiger partial charge in [-0.15, -0.1) is 0 Å². The van der Waals surface area contributed by atoms with Crippen LogP contribution >= 0.6 is 0 Å². The normalized spacial score (nSPS) is 19.1. The molecule has 0 saturated heterocycles. The fourth-order valence-corrected chi connectivity index (χ4v) is 1.27. The van der Waals surface area contributed by atoms with E-state index in [4.69, 9.17) is 5.11 Å². The lowest BCUT2D eigenvalue weighted by Gasteiger charge is -2.37. The quantitative estimate of drug-likeness (QED) is 0.719. The molecule has 14 heavy (non-hydrogen) atoms. The van der Waals surface area contributed by atoms with Crippen molar-refractivity contribution in [2.75, 3.05) is 6.61 Å². The highest BCUT2D eigenvalue weighted by atomic mass is 16.3. The Morgan fingerprint density at radius 1 is 1.07 bits per heavy atom. The van der Waals surface area contributed by atoms with Crippen LogP contribution in [0.2, 0.25) is 0 Å². The molecule has 0 saturated carbocycles. The third kappa shape index (κ3) is 4.43. The second kappa shape index (κ2) is 5.13. The molecule has 2 heteroatoms. The lowest BCUT2D eigenvalue weighted by Crippen LogP contribution is -2.39. The van der Waals surface area contributed by atoms with Crippen LogP contribution in [0.4, 0.5) is 0 Å². The fraction of sp³-hybridized carbons (Fsp3) is 1.00. The molecule has 0 spiro atoms. The molecule has 0 aromatic rings.